The molecule has 1 aromatic carbocycles. The Labute approximate surface area is 85.0 Å². The standard InChI is InChI=1S/C7H5BrClFOS/c8-4-5-3-6(12(9)11)1-2-7(5)10/h1-3H,4H2. The normalized spacial score (nSPS) is 12.9. The van der Waals surface area contributed by atoms with E-state index < -0.39 is 10.0 Å². The van der Waals surface area contributed by atoms with Crippen molar-refractivity contribution in [3.8, 4) is 0 Å². The van der Waals surface area contributed by atoms with Crippen LogP contribution in [0.2, 0.25) is 0 Å². The molecule has 0 saturated heterocycles. The third kappa shape index (κ3) is 2.28. The van der Waals surface area contributed by atoms with E-state index in [0.29, 0.717) is 15.8 Å². The average Bonchev–Trinajstić information content (AvgIpc) is 2.05. The molecular weight excluding hydrogens is 266 g/mol. The highest BCUT2D eigenvalue weighted by Crippen LogP contribution is 2.17. The molecule has 1 unspecified atom stereocenters. The van der Waals surface area contributed by atoms with Gasteiger partial charge in [-0.3, -0.25) is 0 Å². The number of alkyl halides is 1. The highest BCUT2D eigenvalue weighted by atomic mass is 79.9. The lowest BCUT2D eigenvalue weighted by Gasteiger charge is -1.99. The van der Waals surface area contributed by atoms with Crippen LogP contribution in [0.25, 0.3) is 0 Å². The Bertz CT molecular complexity index is 318. The van der Waals surface area contributed by atoms with Gasteiger partial charge in [-0.15, -0.1) is 0 Å². The zero-order valence-electron chi connectivity index (χ0n) is 5.89. The second kappa shape index (κ2) is 4.35. The van der Waals surface area contributed by atoms with Crippen LogP contribution in [0.3, 0.4) is 0 Å². The first kappa shape index (κ1) is 10.2. The minimum absolute atomic E-state index is 0.322. The van der Waals surface area contributed by atoms with E-state index >= 15 is 0 Å². The highest BCUT2D eigenvalue weighted by molar-refractivity contribution is 9.08. The Morgan fingerprint density at radius 1 is 1.58 bits per heavy atom. The monoisotopic (exact) mass is 270 g/mol. The third-order valence-electron chi connectivity index (χ3n) is 1.35. The molecule has 0 aliphatic carbocycles. The summed E-state index contributed by atoms with van der Waals surface area (Å²) in [6.07, 6.45) is 0. The summed E-state index contributed by atoms with van der Waals surface area (Å²) in [5.41, 5.74) is 0.460. The summed E-state index contributed by atoms with van der Waals surface area (Å²) in [5.74, 6) is -0.322. The fourth-order valence-electron chi connectivity index (χ4n) is 0.753. The zero-order valence-corrected chi connectivity index (χ0v) is 9.05. The first-order chi connectivity index (χ1) is 5.65. The van der Waals surface area contributed by atoms with Crippen molar-refractivity contribution < 1.29 is 8.60 Å². The predicted molar refractivity (Wildman–Crippen MR) is 51.3 cm³/mol. The topological polar surface area (TPSA) is 17.1 Å². The van der Waals surface area contributed by atoms with E-state index in [2.05, 4.69) is 15.9 Å². The van der Waals surface area contributed by atoms with Crippen LogP contribution in [-0.4, -0.2) is 4.21 Å². The lowest BCUT2D eigenvalue weighted by atomic mass is 10.2. The molecule has 0 amide bonds. The first-order valence-corrected chi connectivity index (χ1v) is 6.17. The fraction of sp³-hybridized carbons (Fsp3) is 0.143. The van der Waals surface area contributed by atoms with Crippen molar-refractivity contribution in [1.82, 2.24) is 0 Å². The molecule has 1 rings (SSSR count). The molecule has 1 aromatic rings. The maximum atomic E-state index is 12.9. The van der Waals surface area contributed by atoms with Crippen molar-refractivity contribution in [2.45, 2.75) is 10.2 Å². The van der Waals surface area contributed by atoms with Crippen LogP contribution in [-0.2, 0) is 15.3 Å². The molecule has 1 nitrogen and oxygen atoms in total. The minimum atomic E-state index is -1.56. The van der Waals surface area contributed by atoms with Gasteiger partial charge in [0.15, 0.2) is 0 Å². The summed E-state index contributed by atoms with van der Waals surface area (Å²) in [6.45, 7) is 0. The molecule has 12 heavy (non-hydrogen) atoms. The SMILES string of the molecule is O=S(Cl)c1ccc(F)c(CBr)c1. The van der Waals surface area contributed by atoms with Gasteiger partial charge in [0.2, 0.25) is 0 Å². The quantitative estimate of drug-likeness (QED) is 0.597. The summed E-state index contributed by atoms with van der Waals surface area (Å²) >= 11 is 3.11. The van der Waals surface area contributed by atoms with Crippen LogP contribution in [0.1, 0.15) is 5.56 Å². The number of hydrogen-bond donors (Lipinski definition) is 0. The van der Waals surface area contributed by atoms with Crippen LogP contribution in [0, 0.1) is 5.82 Å². The number of rotatable bonds is 2. The Hall–Kier alpha value is 0.0700. The molecule has 0 aliphatic rings. The van der Waals surface area contributed by atoms with Gasteiger partial charge in [-0.1, -0.05) is 15.9 Å². The maximum absolute atomic E-state index is 12.9. The van der Waals surface area contributed by atoms with Crippen molar-refractivity contribution in [3.63, 3.8) is 0 Å². The second-order valence-corrected chi connectivity index (χ2v) is 4.43. The van der Waals surface area contributed by atoms with Gasteiger partial charge in [-0.25, -0.2) is 8.60 Å². The van der Waals surface area contributed by atoms with E-state index in [1.54, 1.807) is 0 Å². The average molecular weight is 272 g/mol. The van der Waals surface area contributed by atoms with Crippen molar-refractivity contribution in [1.29, 1.82) is 0 Å². The number of halogens is 3. The van der Waals surface area contributed by atoms with E-state index in [9.17, 15) is 8.60 Å². The summed E-state index contributed by atoms with van der Waals surface area (Å²) in [6, 6.07) is 4.14. The van der Waals surface area contributed by atoms with Crippen LogP contribution < -0.4 is 0 Å². The van der Waals surface area contributed by atoms with Gasteiger partial charge >= 0.3 is 0 Å². The van der Waals surface area contributed by atoms with Gasteiger partial charge in [0, 0.05) is 5.33 Å². The van der Waals surface area contributed by atoms with E-state index in [0.717, 1.165) is 0 Å². The lowest BCUT2D eigenvalue weighted by molar-refractivity contribution is 0.616. The van der Waals surface area contributed by atoms with Crippen LogP contribution >= 0.6 is 26.6 Å². The number of benzene rings is 1. The molecule has 66 valence electrons. The van der Waals surface area contributed by atoms with Crippen molar-refractivity contribution in [2.75, 3.05) is 0 Å². The van der Waals surface area contributed by atoms with Crippen LogP contribution in [0.4, 0.5) is 4.39 Å². The highest BCUT2D eigenvalue weighted by Gasteiger charge is 2.05. The summed E-state index contributed by atoms with van der Waals surface area (Å²) < 4.78 is 23.6. The van der Waals surface area contributed by atoms with Gasteiger partial charge in [0.05, 0.1) is 4.90 Å². The summed E-state index contributed by atoms with van der Waals surface area (Å²) in [7, 11) is 3.75. The summed E-state index contributed by atoms with van der Waals surface area (Å²) in [4.78, 5) is 0.424. The molecule has 0 aromatic heterocycles. The molecule has 1 atom stereocenters. The van der Waals surface area contributed by atoms with Gasteiger partial charge in [0.1, 0.15) is 15.8 Å². The minimum Gasteiger partial charge on any atom is -0.237 e. The molecule has 5 heteroatoms. The molecule has 0 aliphatic heterocycles. The molecule has 0 fully saturated rings. The van der Waals surface area contributed by atoms with Gasteiger partial charge in [-0.2, -0.15) is 0 Å². The van der Waals surface area contributed by atoms with E-state index in [1.165, 1.54) is 18.2 Å². The summed E-state index contributed by atoms with van der Waals surface area (Å²) in [5, 5.41) is 0.390. The molecule has 0 radical (unpaired) electrons. The van der Waals surface area contributed by atoms with Crippen molar-refractivity contribution in [3.05, 3.63) is 29.6 Å². The first-order valence-electron chi connectivity index (χ1n) is 3.07. The van der Waals surface area contributed by atoms with Gasteiger partial charge < -0.3 is 0 Å². The van der Waals surface area contributed by atoms with Crippen LogP contribution in [0.15, 0.2) is 23.1 Å². The van der Waals surface area contributed by atoms with Crippen molar-refractivity contribution >= 4 is 36.6 Å². The zero-order chi connectivity index (χ0) is 9.14. The molecule has 0 saturated carbocycles. The smallest absolute Gasteiger partial charge is 0.147 e. The predicted octanol–water partition coefficient (Wildman–Crippen LogP) is 2.98. The van der Waals surface area contributed by atoms with E-state index in [4.69, 9.17) is 10.7 Å². The Kier molecular flexibility index (Phi) is 3.68. The third-order valence-corrected chi connectivity index (χ3v) is 3.11. The Morgan fingerprint density at radius 2 is 2.25 bits per heavy atom. The van der Waals surface area contributed by atoms with Gasteiger partial charge in [0.25, 0.3) is 0 Å². The molecule has 0 heterocycles. The fourth-order valence-corrected chi connectivity index (χ4v) is 1.88. The molecule has 0 bridgehead atoms. The maximum Gasteiger partial charge on any atom is 0.147 e. The molecule has 0 spiro atoms. The van der Waals surface area contributed by atoms with E-state index in [-0.39, 0.29) is 5.82 Å². The van der Waals surface area contributed by atoms with E-state index in [1.807, 2.05) is 0 Å². The second-order valence-electron chi connectivity index (χ2n) is 2.11. The van der Waals surface area contributed by atoms with Gasteiger partial charge in [-0.05, 0) is 34.4 Å². The van der Waals surface area contributed by atoms with Crippen LogP contribution in [0.5, 0.6) is 0 Å². The lowest BCUT2D eigenvalue weighted by Crippen LogP contribution is -1.89. The number of hydrogen-bond acceptors (Lipinski definition) is 1. The van der Waals surface area contributed by atoms with Crippen molar-refractivity contribution in [2.24, 2.45) is 0 Å². The Balaban J connectivity index is 3.13. The largest absolute Gasteiger partial charge is 0.237 e. The Morgan fingerprint density at radius 3 is 2.75 bits per heavy atom. The molecular formula is C7H5BrClFOS. The molecule has 0 N–H and O–H groups in total.